The number of aliphatic imine (C=N–C) groups is 1. The van der Waals surface area contributed by atoms with Gasteiger partial charge in [-0.25, -0.2) is 4.98 Å². The van der Waals surface area contributed by atoms with Crippen LogP contribution in [0.5, 0.6) is 5.75 Å². The van der Waals surface area contributed by atoms with Gasteiger partial charge >= 0.3 is 0 Å². The number of benzene rings is 3. The summed E-state index contributed by atoms with van der Waals surface area (Å²) in [5, 5.41) is 11.4. The molecule has 0 aliphatic carbocycles. The first-order chi connectivity index (χ1) is 12.2. The molecule has 0 fully saturated rings. The molecule has 122 valence electrons. The van der Waals surface area contributed by atoms with Gasteiger partial charge in [0, 0.05) is 22.4 Å². The predicted octanol–water partition coefficient (Wildman–Crippen LogP) is 6.07. The van der Waals surface area contributed by atoms with Crippen molar-refractivity contribution in [2.45, 2.75) is 0 Å². The predicted molar refractivity (Wildman–Crippen MR) is 105 cm³/mol. The number of rotatable bonds is 3. The third-order valence-corrected chi connectivity index (χ3v) is 5.07. The molecule has 3 aromatic carbocycles. The standard InChI is InChI=1S/C20H13ClN2OS/c21-15-7-10-18(24)14(11-15)12-22-16-8-5-13(6-9-16)20-23-17-3-1-2-4-19(17)25-20/h1-12,24H. The molecule has 0 saturated carbocycles. The van der Waals surface area contributed by atoms with Gasteiger partial charge in [-0.1, -0.05) is 23.7 Å². The van der Waals surface area contributed by atoms with Crippen molar-refractivity contribution in [3.63, 3.8) is 0 Å². The third-order valence-electron chi connectivity index (χ3n) is 3.75. The molecule has 1 heterocycles. The van der Waals surface area contributed by atoms with Gasteiger partial charge in [0.15, 0.2) is 0 Å². The van der Waals surface area contributed by atoms with Crippen molar-refractivity contribution in [3.05, 3.63) is 77.3 Å². The van der Waals surface area contributed by atoms with Crippen molar-refractivity contribution in [2.75, 3.05) is 0 Å². The van der Waals surface area contributed by atoms with Crippen LogP contribution in [0.25, 0.3) is 20.8 Å². The zero-order valence-corrected chi connectivity index (χ0v) is 14.6. The van der Waals surface area contributed by atoms with Gasteiger partial charge in [0.2, 0.25) is 0 Å². The van der Waals surface area contributed by atoms with Crippen molar-refractivity contribution in [3.8, 4) is 16.3 Å². The minimum absolute atomic E-state index is 0.152. The summed E-state index contributed by atoms with van der Waals surface area (Å²) in [6.07, 6.45) is 1.61. The molecule has 1 aromatic heterocycles. The van der Waals surface area contributed by atoms with Gasteiger partial charge in [0.1, 0.15) is 10.8 Å². The normalized spacial score (nSPS) is 11.4. The third kappa shape index (κ3) is 3.40. The lowest BCUT2D eigenvalue weighted by Crippen LogP contribution is -1.82. The average Bonchev–Trinajstić information content (AvgIpc) is 3.07. The molecule has 5 heteroatoms. The second kappa shape index (κ2) is 6.67. The van der Waals surface area contributed by atoms with E-state index in [1.807, 2.05) is 42.5 Å². The molecule has 0 saturated heterocycles. The zero-order chi connectivity index (χ0) is 17.2. The monoisotopic (exact) mass is 364 g/mol. The highest BCUT2D eigenvalue weighted by atomic mass is 35.5. The average molecular weight is 365 g/mol. The van der Waals surface area contributed by atoms with Crippen LogP contribution in [0.4, 0.5) is 5.69 Å². The fourth-order valence-corrected chi connectivity index (χ4v) is 3.61. The first-order valence-corrected chi connectivity index (χ1v) is 8.87. The fraction of sp³-hybridized carbons (Fsp3) is 0. The van der Waals surface area contributed by atoms with Crippen LogP contribution >= 0.6 is 22.9 Å². The number of phenols is 1. The molecule has 4 rings (SSSR count). The molecule has 0 spiro atoms. The van der Waals surface area contributed by atoms with E-state index in [-0.39, 0.29) is 5.75 Å². The van der Waals surface area contributed by atoms with E-state index in [1.165, 1.54) is 4.70 Å². The molecule has 1 N–H and O–H groups in total. The highest BCUT2D eigenvalue weighted by molar-refractivity contribution is 7.21. The van der Waals surface area contributed by atoms with Gasteiger partial charge in [-0.2, -0.15) is 0 Å². The van der Waals surface area contributed by atoms with Gasteiger partial charge in [0.25, 0.3) is 0 Å². The van der Waals surface area contributed by atoms with Gasteiger partial charge in [-0.05, 0) is 54.6 Å². The Morgan fingerprint density at radius 3 is 2.60 bits per heavy atom. The lowest BCUT2D eigenvalue weighted by atomic mass is 10.2. The van der Waals surface area contributed by atoms with Crippen LogP contribution in [-0.4, -0.2) is 16.3 Å². The minimum Gasteiger partial charge on any atom is -0.507 e. The summed E-state index contributed by atoms with van der Waals surface area (Å²) in [6, 6.07) is 20.8. The Morgan fingerprint density at radius 1 is 1.00 bits per heavy atom. The molecule has 3 nitrogen and oxygen atoms in total. The first kappa shape index (κ1) is 15.8. The maximum absolute atomic E-state index is 9.82. The Balaban J connectivity index is 1.59. The van der Waals surface area contributed by atoms with Crippen molar-refractivity contribution in [2.24, 2.45) is 4.99 Å². The quantitative estimate of drug-likeness (QED) is 0.448. The highest BCUT2D eigenvalue weighted by Crippen LogP contribution is 2.31. The van der Waals surface area contributed by atoms with Gasteiger partial charge < -0.3 is 5.11 Å². The fourth-order valence-electron chi connectivity index (χ4n) is 2.46. The second-order valence-electron chi connectivity index (χ2n) is 5.49. The van der Waals surface area contributed by atoms with Crippen molar-refractivity contribution < 1.29 is 5.11 Å². The van der Waals surface area contributed by atoms with Gasteiger partial charge in [0.05, 0.1) is 15.9 Å². The Bertz CT molecular complexity index is 1040. The van der Waals surface area contributed by atoms with E-state index in [2.05, 4.69) is 16.0 Å². The van der Waals surface area contributed by atoms with Crippen LogP contribution in [-0.2, 0) is 0 Å². The summed E-state index contributed by atoms with van der Waals surface area (Å²) in [7, 11) is 0. The summed E-state index contributed by atoms with van der Waals surface area (Å²) in [5.41, 5.74) is 3.46. The molecule has 0 amide bonds. The Hall–Kier alpha value is -2.69. The number of fused-ring (bicyclic) bond motifs is 1. The SMILES string of the molecule is Oc1ccc(Cl)cc1C=Nc1ccc(-c2nc3ccccc3s2)cc1. The first-order valence-electron chi connectivity index (χ1n) is 7.68. The summed E-state index contributed by atoms with van der Waals surface area (Å²) >= 11 is 7.61. The van der Waals surface area contributed by atoms with Crippen LogP contribution in [0.1, 0.15) is 5.56 Å². The van der Waals surface area contributed by atoms with E-state index in [1.54, 1.807) is 35.8 Å². The van der Waals surface area contributed by atoms with E-state index in [9.17, 15) is 5.11 Å². The molecule has 0 unspecified atom stereocenters. The second-order valence-corrected chi connectivity index (χ2v) is 6.96. The number of halogens is 1. The topological polar surface area (TPSA) is 45.5 Å². The van der Waals surface area contributed by atoms with Crippen LogP contribution < -0.4 is 0 Å². The maximum Gasteiger partial charge on any atom is 0.124 e. The lowest BCUT2D eigenvalue weighted by molar-refractivity contribution is 0.474. The number of aromatic nitrogens is 1. The van der Waals surface area contributed by atoms with Gasteiger partial charge in [-0.15, -0.1) is 11.3 Å². The minimum atomic E-state index is 0.152. The van der Waals surface area contributed by atoms with Crippen LogP contribution in [0.15, 0.2) is 71.7 Å². The molecular formula is C20H13ClN2OS. The summed E-state index contributed by atoms with van der Waals surface area (Å²) in [5.74, 6) is 0.152. The molecule has 0 aliphatic rings. The number of thiazole rings is 1. The van der Waals surface area contributed by atoms with E-state index in [0.29, 0.717) is 10.6 Å². The van der Waals surface area contributed by atoms with Crippen LogP contribution in [0, 0.1) is 0 Å². The number of aromatic hydroxyl groups is 1. The molecule has 4 aromatic rings. The number of hydrogen-bond acceptors (Lipinski definition) is 4. The van der Waals surface area contributed by atoms with E-state index in [4.69, 9.17) is 11.6 Å². The Labute approximate surface area is 153 Å². The molecule has 0 atom stereocenters. The Morgan fingerprint density at radius 2 is 1.80 bits per heavy atom. The van der Waals surface area contributed by atoms with Crippen LogP contribution in [0.2, 0.25) is 5.02 Å². The lowest BCUT2D eigenvalue weighted by Gasteiger charge is -2.00. The molecular weight excluding hydrogens is 352 g/mol. The van der Waals surface area contributed by atoms with Gasteiger partial charge in [-0.3, -0.25) is 4.99 Å². The molecule has 0 aliphatic heterocycles. The summed E-state index contributed by atoms with van der Waals surface area (Å²) < 4.78 is 1.18. The van der Waals surface area contributed by atoms with Crippen molar-refractivity contribution in [1.29, 1.82) is 0 Å². The van der Waals surface area contributed by atoms with Crippen molar-refractivity contribution >= 4 is 45.1 Å². The van der Waals surface area contributed by atoms with E-state index < -0.39 is 0 Å². The Kier molecular flexibility index (Phi) is 4.22. The number of phenolic OH excluding ortho intramolecular Hbond substituents is 1. The van der Waals surface area contributed by atoms with E-state index in [0.717, 1.165) is 21.8 Å². The number of nitrogens with zero attached hydrogens (tertiary/aromatic N) is 2. The highest BCUT2D eigenvalue weighted by Gasteiger charge is 2.05. The summed E-state index contributed by atoms with van der Waals surface area (Å²) in [6.45, 7) is 0. The summed E-state index contributed by atoms with van der Waals surface area (Å²) in [4.78, 5) is 9.06. The van der Waals surface area contributed by atoms with Crippen LogP contribution in [0.3, 0.4) is 0 Å². The van der Waals surface area contributed by atoms with E-state index >= 15 is 0 Å². The molecule has 25 heavy (non-hydrogen) atoms. The largest absolute Gasteiger partial charge is 0.507 e. The maximum atomic E-state index is 9.82. The number of para-hydroxylation sites is 1. The smallest absolute Gasteiger partial charge is 0.124 e. The molecule has 0 radical (unpaired) electrons. The number of hydrogen-bond donors (Lipinski definition) is 1. The zero-order valence-electron chi connectivity index (χ0n) is 13.1. The van der Waals surface area contributed by atoms with Crippen molar-refractivity contribution in [1.82, 2.24) is 4.98 Å². The molecule has 0 bridgehead atoms.